The van der Waals surface area contributed by atoms with Crippen molar-refractivity contribution in [1.82, 2.24) is 4.98 Å². The van der Waals surface area contributed by atoms with E-state index in [4.69, 9.17) is 17.0 Å². The summed E-state index contributed by atoms with van der Waals surface area (Å²) in [6.45, 7) is 1.97. The standard InChI is InChI=1S/C13H13NO3S2/c1-2-3-4-11(15)17-12(16)8-5-6-10-9(7-8)14-13(18)19-10/h5-7H,2-4H2,1H3,(H,14,18). The number of rotatable bonds is 4. The van der Waals surface area contributed by atoms with Crippen molar-refractivity contribution in [2.75, 3.05) is 0 Å². The largest absolute Gasteiger partial charge is 0.389 e. The number of aromatic nitrogens is 1. The third-order valence-electron chi connectivity index (χ3n) is 2.60. The molecule has 1 N–H and O–H groups in total. The number of hydrogen-bond donors (Lipinski definition) is 1. The second-order valence-electron chi connectivity index (χ2n) is 4.09. The van der Waals surface area contributed by atoms with Crippen LogP contribution in [-0.4, -0.2) is 16.9 Å². The van der Waals surface area contributed by atoms with Gasteiger partial charge >= 0.3 is 11.9 Å². The van der Waals surface area contributed by atoms with Crippen molar-refractivity contribution in [3.63, 3.8) is 0 Å². The molecule has 0 spiro atoms. The zero-order valence-electron chi connectivity index (χ0n) is 10.4. The van der Waals surface area contributed by atoms with Gasteiger partial charge in [0.25, 0.3) is 0 Å². The maximum atomic E-state index is 11.8. The Labute approximate surface area is 119 Å². The first-order valence-electron chi connectivity index (χ1n) is 5.98. The van der Waals surface area contributed by atoms with Crippen LogP contribution in [0, 0.1) is 3.95 Å². The molecule has 0 saturated heterocycles. The molecule has 0 fully saturated rings. The van der Waals surface area contributed by atoms with Crippen molar-refractivity contribution in [2.24, 2.45) is 0 Å². The lowest BCUT2D eigenvalue weighted by Crippen LogP contribution is -2.12. The fourth-order valence-corrected chi connectivity index (χ4v) is 2.71. The second-order valence-corrected chi connectivity index (χ2v) is 5.81. The Hall–Kier alpha value is -1.53. The number of ether oxygens (including phenoxy) is 1. The summed E-state index contributed by atoms with van der Waals surface area (Å²) in [5, 5.41) is 0. The molecule has 1 aromatic heterocycles. The topological polar surface area (TPSA) is 59.2 Å². The fourth-order valence-electron chi connectivity index (χ4n) is 1.61. The number of carbonyl (C=O) groups excluding carboxylic acids is 2. The van der Waals surface area contributed by atoms with E-state index in [2.05, 4.69) is 4.98 Å². The summed E-state index contributed by atoms with van der Waals surface area (Å²) in [5.41, 5.74) is 1.13. The van der Waals surface area contributed by atoms with E-state index in [1.54, 1.807) is 18.2 Å². The molecule has 2 aromatic rings. The second kappa shape index (κ2) is 6.08. The lowest BCUT2D eigenvalue weighted by molar-refractivity contribution is -0.138. The number of thiazole rings is 1. The quantitative estimate of drug-likeness (QED) is 0.529. The smallest absolute Gasteiger partial charge is 0.345 e. The van der Waals surface area contributed by atoms with E-state index in [-0.39, 0.29) is 6.42 Å². The van der Waals surface area contributed by atoms with Crippen LogP contribution in [0.4, 0.5) is 0 Å². The van der Waals surface area contributed by atoms with Gasteiger partial charge in [-0.25, -0.2) is 4.79 Å². The average molecular weight is 295 g/mol. The number of hydrogen-bond acceptors (Lipinski definition) is 5. The molecule has 100 valence electrons. The van der Waals surface area contributed by atoms with Crippen LogP contribution >= 0.6 is 23.6 Å². The molecule has 19 heavy (non-hydrogen) atoms. The maximum Gasteiger partial charge on any atom is 0.345 e. The van der Waals surface area contributed by atoms with Crippen LogP contribution in [0.1, 0.15) is 36.5 Å². The Kier molecular flexibility index (Phi) is 4.44. The highest BCUT2D eigenvalue weighted by Crippen LogP contribution is 2.21. The Balaban J connectivity index is 2.12. The van der Waals surface area contributed by atoms with Gasteiger partial charge in [-0.05, 0) is 36.8 Å². The molecule has 0 aliphatic rings. The highest BCUT2D eigenvalue weighted by atomic mass is 32.1. The SMILES string of the molecule is CCCCC(=O)OC(=O)c1ccc2sc(=S)[nH]c2c1. The number of esters is 2. The Morgan fingerprint density at radius 1 is 1.42 bits per heavy atom. The van der Waals surface area contributed by atoms with E-state index in [0.29, 0.717) is 9.52 Å². The number of H-pyrrole nitrogens is 1. The summed E-state index contributed by atoms with van der Waals surface area (Å²) < 4.78 is 6.40. The normalized spacial score (nSPS) is 10.6. The third kappa shape index (κ3) is 3.48. The van der Waals surface area contributed by atoms with Crippen LogP contribution in [0.5, 0.6) is 0 Å². The van der Waals surface area contributed by atoms with Gasteiger partial charge in [0.1, 0.15) is 0 Å². The molecular formula is C13H13NO3S2. The number of carbonyl (C=O) groups is 2. The maximum absolute atomic E-state index is 11.8. The number of nitrogens with one attached hydrogen (secondary N) is 1. The van der Waals surface area contributed by atoms with E-state index in [1.807, 2.05) is 6.92 Å². The van der Waals surface area contributed by atoms with Crippen LogP contribution in [0.2, 0.25) is 0 Å². The molecule has 4 nitrogen and oxygen atoms in total. The monoisotopic (exact) mass is 295 g/mol. The van der Waals surface area contributed by atoms with E-state index >= 15 is 0 Å². The van der Waals surface area contributed by atoms with Gasteiger partial charge in [0.15, 0.2) is 3.95 Å². The molecule has 0 aliphatic heterocycles. The van der Waals surface area contributed by atoms with E-state index < -0.39 is 11.9 Å². The number of fused-ring (bicyclic) bond motifs is 1. The number of benzene rings is 1. The molecular weight excluding hydrogens is 282 g/mol. The van der Waals surface area contributed by atoms with Crippen molar-refractivity contribution in [2.45, 2.75) is 26.2 Å². The van der Waals surface area contributed by atoms with Crippen LogP contribution in [-0.2, 0) is 9.53 Å². The molecule has 1 heterocycles. The lowest BCUT2D eigenvalue weighted by atomic mass is 10.2. The summed E-state index contributed by atoms with van der Waals surface area (Å²) in [7, 11) is 0. The molecule has 1 aromatic carbocycles. The Morgan fingerprint density at radius 3 is 2.95 bits per heavy atom. The van der Waals surface area contributed by atoms with Crippen LogP contribution in [0.15, 0.2) is 18.2 Å². The highest BCUT2D eigenvalue weighted by molar-refractivity contribution is 7.73. The molecule has 0 saturated carbocycles. The molecule has 0 amide bonds. The summed E-state index contributed by atoms with van der Waals surface area (Å²) in [6.07, 6.45) is 1.88. The zero-order valence-corrected chi connectivity index (χ0v) is 12.0. The highest BCUT2D eigenvalue weighted by Gasteiger charge is 2.13. The fraction of sp³-hybridized carbons (Fsp3) is 0.308. The first kappa shape index (κ1) is 13.9. The van der Waals surface area contributed by atoms with Crippen LogP contribution in [0.3, 0.4) is 0 Å². The van der Waals surface area contributed by atoms with Crippen LogP contribution < -0.4 is 0 Å². The van der Waals surface area contributed by atoms with Gasteiger partial charge in [-0.1, -0.05) is 13.3 Å². The summed E-state index contributed by atoms with van der Waals surface area (Å²) in [4.78, 5) is 26.2. The van der Waals surface area contributed by atoms with E-state index in [1.165, 1.54) is 11.3 Å². The average Bonchev–Trinajstić information content (AvgIpc) is 2.75. The van der Waals surface area contributed by atoms with Gasteiger partial charge in [-0.2, -0.15) is 0 Å². The number of unbranched alkanes of at least 4 members (excludes halogenated alkanes) is 1. The summed E-state index contributed by atoms with van der Waals surface area (Å²) in [5.74, 6) is -1.10. The van der Waals surface area contributed by atoms with E-state index in [0.717, 1.165) is 23.1 Å². The predicted octanol–water partition coefficient (Wildman–Crippen LogP) is 3.83. The zero-order chi connectivity index (χ0) is 13.8. The molecule has 2 rings (SSSR count). The van der Waals surface area contributed by atoms with Gasteiger partial charge in [-0.15, -0.1) is 11.3 Å². The summed E-state index contributed by atoms with van der Waals surface area (Å²) >= 11 is 6.47. The molecule has 0 unspecified atom stereocenters. The predicted molar refractivity (Wildman–Crippen MR) is 77.0 cm³/mol. The van der Waals surface area contributed by atoms with Gasteiger partial charge in [0.05, 0.1) is 15.8 Å². The van der Waals surface area contributed by atoms with Crippen molar-refractivity contribution < 1.29 is 14.3 Å². The summed E-state index contributed by atoms with van der Waals surface area (Å²) in [6, 6.07) is 5.08. The van der Waals surface area contributed by atoms with E-state index in [9.17, 15) is 9.59 Å². The minimum absolute atomic E-state index is 0.269. The van der Waals surface area contributed by atoms with Gasteiger partial charge in [0, 0.05) is 6.42 Å². The minimum Gasteiger partial charge on any atom is -0.389 e. The number of aromatic amines is 1. The first-order chi connectivity index (χ1) is 9.10. The molecule has 0 radical (unpaired) electrons. The first-order valence-corrected chi connectivity index (χ1v) is 7.20. The molecule has 0 aliphatic carbocycles. The van der Waals surface area contributed by atoms with Gasteiger partial charge < -0.3 is 9.72 Å². The van der Waals surface area contributed by atoms with Crippen molar-refractivity contribution in [3.8, 4) is 0 Å². The lowest BCUT2D eigenvalue weighted by Gasteiger charge is -2.02. The Morgan fingerprint density at radius 2 is 2.21 bits per heavy atom. The van der Waals surface area contributed by atoms with Gasteiger partial charge in [0.2, 0.25) is 0 Å². The van der Waals surface area contributed by atoms with Crippen molar-refractivity contribution in [3.05, 3.63) is 27.7 Å². The molecule has 6 heteroatoms. The Bertz CT molecular complexity index is 672. The molecule has 0 bridgehead atoms. The van der Waals surface area contributed by atoms with Crippen LogP contribution in [0.25, 0.3) is 10.2 Å². The van der Waals surface area contributed by atoms with Crippen molar-refractivity contribution >= 4 is 45.7 Å². The van der Waals surface area contributed by atoms with Gasteiger partial charge in [-0.3, -0.25) is 4.79 Å². The van der Waals surface area contributed by atoms with Crippen molar-refractivity contribution in [1.29, 1.82) is 0 Å². The molecule has 0 atom stereocenters. The third-order valence-corrected chi connectivity index (χ3v) is 3.81. The minimum atomic E-state index is -0.617.